The summed E-state index contributed by atoms with van der Waals surface area (Å²) in [6.45, 7) is 7.65. The summed E-state index contributed by atoms with van der Waals surface area (Å²) in [6.07, 6.45) is 1.09. The zero-order chi connectivity index (χ0) is 13.8. The predicted molar refractivity (Wildman–Crippen MR) is 78.7 cm³/mol. The highest BCUT2D eigenvalue weighted by Crippen LogP contribution is 2.37. The van der Waals surface area contributed by atoms with E-state index in [1.54, 1.807) is 7.11 Å². The van der Waals surface area contributed by atoms with Crippen molar-refractivity contribution in [2.24, 2.45) is 5.92 Å². The summed E-state index contributed by atoms with van der Waals surface area (Å²) in [7, 11) is 3.69. The molecule has 102 valence electrons. The Kier molecular flexibility index (Phi) is 5.48. The summed E-state index contributed by atoms with van der Waals surface area (Å²) < 4.78 is 5.49. The van der Waals surface area contributed by atoms with Crippen LogP contribution in [0.25, 0.3) is 0 Å². The first kappa shape index (κ1) is 15.3. The van der Waals surface area contributed by atoms with Crippen molar-refractivity contribution in [3.05, 3.63) is 28.8 Å². The molecule has 1 aromatic carbocycles. The number of hydrogen-bond acceptors (Lipinski definition) is 2. The molecule has 0 spiro atoms. The van der Waals surface area contributed by atoms with Crippen molar-refractivity contribution in [2.45, 2.75) is 32.6 Å². The van der Waals surface area contributed by atoms with Gasteiger partial charge in [-0.25, -0.2) is 0 Å². The maximum Gasteiger partial charge on any atom is 0.122 e. The van der Waals surface area contributed by atoms with E-state index in [-0.39, 0.29) is 5.41 Å². The van der Waals surface area contributed by atoms with E-state index in [1.165, 1.54) is 5.56 Å². The lowest BCUT2D eigenvalue weighted by molar-refractivity contribution is 0.334. The number of ether oxygens (including phenoxy) is 1. The highest BCUT2D eigenvalue weighted by Gasteiger charge is 2.30. The highest BCUT2D eigenvalue weighted by atomic mass is 35.5. The number of methoxy groups -OCH3 is 1. The molecule has 1 unspecified atom stereocenters. The molecule has 0 amide bonds. The lowest BCUT2D eigenvalue weighted by atomic mass is 9.75. The molecular weight excluding hydrogens is 246 g/mol. The summed E-state index contributed by atoms with van der Waals surface area (Å²) in [6, 6.07) is 5.85. The van der Waals surface area contributed by atoms with E-state index in [0.717, 1.165) is 23.7 Å². The van der Waals surface area contributed by atoms with Gasteiger partial charge in [0.25, 0.3) is 0 Å². The SMILES string of the molecule is CNCC(C)(CC(C)C)c1cc(Cl)ccc1OC. The summed E-state index contributed by atoms with van der Waals surface area (Å²) in [5.74, 6) is 1.53. The van der Waals surface area contributed by atoms with Gasteiger partial charge in [-0.2, -0.15) is 0 Å². The molecule has 1 N–H and O–H groups in total. The normalized spacial score (nSPS) is 14.6. The molecule has 3 heteroatoms. The number of nitrogens with one attached hydrogen (secondary N) is 1. The number of likely N-dealkylation sites (N-methyl/N-ethyl adjacent to an activating group) is 1. The van der Waals surface area contributed by atoms with Gasteiger partial charge in [0.1, 0.15) is 5.75 Å². The summed E-state index contributed by atoms with van der Waals surface area (Å²) in [4.78, 5) is 0. The van der Waals surface area contributed by atoms with Crippen LogP contribution in [0.2, 0.25) is 5.02 Å². The Balaban J connectivity index is 3.22. The lowest BCUT2D eigenvalue weighted by Crippen LogP contribution is -2.35. The third-order valence-electron chi connectivity index (χ3n) is 3.24. The van der Waals surface area contributed by atoms with Crippen LogP contribution >= 0.6 is 11.6 Å². The van der Waals surface area contributed by atoms with Crippen molar-refractivity contribution in [1.29, 1.82) is 0 Å². The topological polar surface area (TPSA) is 21.3 Å². The second-order valence-electron chi connectivity index (χ2n) is 5.53. The molecule has 1 rings (SSSR count). The molecule has 1 atom stereocenters. The summed E-state index contributed by atoms with van der Waals surface area (Å²) in [5, 5.41) is 4.05. The second kappa shape index (κ2) is 6.44. The number of hydrogen-bond donors (Lipinski definition) is 1. The third kappa shape index (κ3) is 3.63. The van der Waals surface area contributed by atoms with Crippen molar-refractivity contribution >= 4 is 11.6 Å². The fourth-order valence-corrected chi connectivity index (χ4v) is 2.89. The molecule has 0 aliphatic heterocycles. The number of rotatable bonds is 6. The largest absolute Gasteiger partial charge is 0.496 e. The number of halogens is 1. The molecule has 2 nitrogen and oxygen atoms in total. The molecule has 0 heterocycles. The average molecular weight is 270 g/mol. The molecule has 0 fully saturated rings. The van der Waals surface area contributed by atoms with Gasteiger partial charge in [0.05, 0.1) is 7.11 Å². The molecular formula is C15H24ClNO. The maximum absolute atomic E-state index is 6.14. The van der Waals surface area contributed by atoms with Gasteiger partial charge in [0, 0.05) is 22.5 Å². The van der Waals surface area contributed by atoms with Crippen LogP contribution in [0.1, 0.15) is 32.8 Å². The fraction of sp³-hybridized carbons (Fsp3) is 0.600. The van der Waals surface area contributed by atoms with Crippen LogP contribution in [0.4, 0.5) is 0 Å². The zero-order valence-electron chi connectivity index (χ0n) is 12.0. The van der Waals surface area contributed by atoms with Crippen LogP contribution < -0.4 is 10.1 Å². The predicted octanol–water partition coefficient (Wildman–Crippen LogP) is 3.87. The van der Waals surface area contributed by atoms with E-state index in [2.05, 4.69) is 26.1 Å². The molecule has 0 aliphatic rings. The van der Waals surface area contributed by atoms with Gasteiger partial charge in [-0.3, -0.25) is 0 Å². The van der Waals surface area contributed by atoms with Crippen LogP contribution in [-0.2, 0) is 5.41 Å². The lowest BCUT2D eigenvalue weighted by Gasteiger charge is -2.33. The third-order valence-corrected chi connectivity index (χ3v) is 3.47. The van der Waals surface area contributed by atoms with Gasteiger partial charge < -0.3 is 10.1 Å². The van der Waals surface area contributed by atoms with Gasteiger partial charge in [0.2, 0.25) is 0 Å². The Bertz CT molecular complexity index is 392. The van der Waals surface area contributed by atoms with Gasteiger partial charge in [-0.15, -0.1) is 0 Å². The zero-order valence-corrected chi connectivity index (χ0v) is 12.8. The van der Waals surface area contributed by atoms with E-state index in [9.17, 15) is 0 Å². The van der Waals surface area contributed by atoms with Crippen molar-refractivity contribution in [2.75, 3.05) is 20.7 Å². The summed E-state index contributed by atoms with van der Waals surface area (Å²) in [5.41, 5.74) is 1.21. The van der Waals surface area contributed by atoms with E-state index >= 15 is 0 Å². The van der Waals surface area contributed by atoms with E-state index in [4.69, 9.17) is 16.3 Å². The monoisotopic (exact) mass is 269 g/mol. The second-order valence-corrected chi connectivity index (χ2v) is 5.97. The average Bonchev–Trinajstić information content (AvgIpc) is 2.28. The Morgan fingerprint density at radius 1 is 1.39 bits per heavy atom. The minimum atomic E-state index is 0.0269. The molecule has 18 heavy (non-hydrogen) atoms. The smallest absolute Gasteiger partial charge is 0.122 e. The van der Waals surface area contributed by atoms with Crippen molar-refractivity contribution in [3.8, 4) is 5.75 Å². The Hall–Kier alpha value is -0.730. The first-order valence-electron chi connectivity index (χ1n) is 6.41. The van der Waals surface area contributed by atoms with Crippen molar-refractivity contribution in [1.82, 2.24) is 5.32 Å². The quantitative estimate of drug-likeness (QED) is 0.846. The highest BCUT2D eigenvalue weighted by molar-refractivity contribution is 6.30. The summed E-state index contributed by atoms with van der Waals surface area (Å²) >= 11 is 6.14. The molecule has 0 aliphatic carbocycles. The molecule has 0 bridgehead atoms. The molecule has 0 saturated carbocycles. The van der Waals surface area contributed by atoms with Gasteiger partial charge in [-0.1, -0.05) is 32.4 Å². The van der Waals surface area contributed by atoms with Gasteiger partial charge >= 0.3 is 0 Å². The van der Waals surface area contributed by atoms with Crippen LogP contribution in [0.15, 0.2) is 18.2 Å². The molecule has 0 saturated heterocycles. The standard InChI is InChI=1S/C15H24ClNO/c1-11(2)9-15(3,10-17-4)13-8-12(16)6-7-14(13)18-5/h6-8,11,17H,9-10H2,1-5H3. The Morgan fingerprint density at radius 2 is 2.06 bits per heavy atom. The van der Waals surface area contributed by atoms with Gasteiger partial charge in [-0.05, 0) is 37.6 Å². The first-order valence-corrected chi connectivity index (χ1v) is 6.79. The van der Waals surface area contributed by atoms with E-state index < -0.39 is 0 Å². The first-order chi connectivity index (χ1) is 8.42. The van der Waals surface area contributed by atoms with Crippen LogP contribution in [0, 0.1) is 5.92 Å². The Labute approximate surface area is 116 Å². The molecule has 0 aromatic heterocycles. The van der Waals surface area contributed by atoms with Gasteiger partial charge in [0.15, 0.2) is 0 Å². The van der Waals surface area contributed by atoms with Crippen molar-refractivity contribution < 1.29 is 4.74 Å². The van der Waals surface area contributed by atoms with E-state index in [1.807, 2.05) is 25.2 Å². The fourth-order valence-electron chi connectivity index (χ4n) is 2.72. The van der Waals surface area contributed by atoms with Crippen LogP contribution in [0.3, 0.4) is 0 Å². The number of benzene rings is 1. The van der Waals surface area contributed by atoms with Crippen LogP contribution in [0.5, 0.6) is 5.75 Å². The maximum atomic E-state index is 6.14. The van der Waals surface area contributed by atoms with E-state index in [0.29, 0.717) is 5.92 Å². The Morgan fingerprint density at radius 3 is 2.56 bits per heavy atom. The minimum absolute atomic E-state index is 0.0269. The molecule has 1 aromatic rings. The minimum Gasteiger partial charge on any atom is -0.496 e. The van der Waals surface area contributed by atoms with Crippen LogP contribution in [-0.4, -0.2) is 20.7 Å². The molecule has 0 radical (unpaired) electrons. The van der Waals surface area contributed by atoms with Crippen molar-refractivity contribution in [3.63, 3.8) is 0 Å².